The van der Waals surface area contributed by atoms with Crippen molar-refractivity contribution in [3.05, 3.63) is 24.3 Å². The van der Waals surface area contributed by atoms with Crippen molar-refractivity contribution in [3.8, 4) is 0 Å². The van der Waals surface area contributed by atoms with E-state index in [4.69, 9.17) is 5.73 Å². The Kier molecular flexibility index (Phi) is 2.45. The van der Waals surface area contributed by atoms with Gasteiger partial charge in [0.25, 0.3) is 0 Å². The number of aromatic nitrogens is 3. The van der Waals surface area contributed by atoms with Crippen molar-refractivity contribution in [1.82, 2.24) is 15.0 Å². The summed E-state index contributed by atoms with van der Waals surface area (Å²) >= 11 is 0. The van der Waals surface area contributed by atoms with E-state index in [0.717, 1.165) is 17.6 Å². The normalized spacial score (nSPS) is 13.3. The molecule has 0 saturated heterocycles. The van der Waals surface area contributed by atoms with Crippen molar-refractivity contribution >= 4 is 11.0 Å². The molecule has 1 aromatic heterocycles. The summed E-state index contributed by atoms with van der Waals surface area (Å²) in [6.45, 7) is 3.61. The largest absolute Gasteiger partial charge is 0.330 e. The Hall–Kier alpha value is -1.42. The van der Waals surface area contributed by atoms with Crippen LogP contribution in [0.3, 0.4) is 0 Å². The molecular weight excluding hydrogens is 176 g/mol. The maximum absolute atomic E-state index is 5.57. The minimum absolute atomic E-state index is 0.431. The van der Waals surface area contributed by atoms with E-state index in [1.807, 2.05) is 28.9 Å². The molecule has 0 spiro atoms. The number of para-hydroxylation sites is 1. The highest BCUT2D eigenvalue weighted by molar-refractivity contribution is 5.73. The lowest BCUT2D eigenvalue weighted by Crippen LogP contribution is -2.17. The van der Waals surface area contributed by atoms with E-state index in [1.165, 1.54) is 0 Å². The van der Waals surface area contributed by atoms with Crippen LogP contribution in [-0.2, 0) is 6.54 Å². The van der Waals surface area contributed by atoms with Crippen LogP contribution >= 0.6 is 0 Å². The second-order valence-electron chi connectivity index (χ2n) is 3.60. The van der Waals surface area contributed by atoms with Gasteiger partial charge in [-0.25, -0.2) is 4.68 Å². The van der Waals surface area contributed by atoms with Crippen molar-refractivity contribution < 1.29 is 0 Å². The SMILES string of the molecule is CC(CN)Cn1nnc2ccccc21. The Labute approximate surface area is 82.7 Å². The van der Waals surface area contributed by atoms with Crippen molar-refractivity contribution in [1.29, 1.82) is 0 Å². The first-order valence-electron chi connectivity index (χ1n) is 4.79. The molecule has 1 atom stereocenters. The van der Waals surface area contributed by atoms with E-state index in [2.05, 4.69) is 17.2 Å². The molecule has 2 rings (SSSR count). The minimum atomic E-state index is 0.431. The summed E-state index contributed by atoms with van der Waals surface area (Å²) in [6, 6.07) is 7.95. The zero-order chi connectivity index (χ0) is 9.97. The van der Waals surface area contributed by atoms with Crippen molar-refractivity contribution in [3.63, 3.8) is 0 Å². The highest BCUT2D eigenvalue weighted by Crippen LogP contribution is 2.11. The molecule has 1 heterocycles. The van der Waals surface area contributed by atoms with Crippen LogP contribution in [0.25, 0.3) is 11.0 Å². The maximum atomic E-state index is 5.57. The van der Waals surface area contributed by atoms with Crippen LogP contribution in [0.4, 0.5) is 0 Å². The summed E-state index contributed by atoms with van der Waals surface area (Å²) < 4.78 is 1.91. The van der Waals surface area contributed by atoms with Crippen LogP contribution in [0.5, 0.6) is 0 Å². The standard InChI is InChI=1S/C10H14N4/c1-8(6-11)7-14-10-5-3-2-4-9(10)12-13-14/h2-5,8H,6-7,11H2,1H3. The Balaban J connectivity index is 2.33. The molecule has 0 radical (unpaired) electrons. The number of hydrogen-bond acceptors (Lipinski definition) is 3. The zero-order valence-corrected chi connectivity index (χ0v) is 8.22. The average Bonchev–Trinajstić information content (AvgIpc) is 2.62. The molecule has 74 valence electrons. The van der Waals surface area contributed by atoms with Gasteiger partial charge < -0.3 is 5.73 Å². The topological polar surface area (TPSA) is 56.7 Å². The Morgan fingerprint density at radius 3 is 3.00 bits per heavy atom. The smallest absolute Gasteiger partial charge is 0.113 e. The van der Waals surface area contributed by atoms with Crippen LogP contribution in [0.2, 0.25) is 0 Å². The van der Waals surface area contributed by atoms with Crippen molar-refractivity contribution in [2.75, 3.05) is 6.54 Å². The van der Waals surface area contributed by atoms with Crippen molar-refractivity contribution in [2.45, 2.75) is 13.5 Å². The lowest BCUT2D eigenvalue weighted by atomic mass is 10.2. The molecule has 0 bridgehead atoms. The monoisotopic (exact) mass is 190 g/mol. The van der Waals surface area contributed by atoms with Gasteiger partial charge in [0.2, 0.25) is 0 Å². The van der Waals surface area contributed by atoms with Gasteiger partial charge in [0.15, 0.2) is 0 Å². The third-order valence-corrected chi connectivity index (χ3v) is 2.31. The van der Waals surface area contributed by atoms with Gasteiger partial charge in [-0.2, -0.15) is 0 Å². The first-order chi connectivity index (χ1) is 6.81. The van der Waals surface area contributed by atoms with E-state index < -0.39 is 0 Å². The molecule has 4 heteroatoms. The average molecular weight is 190 g/mol. The van der Waals surface area contributed by atoms with Crippen LogP contribution in [-0.4, -0.2) is 21.5 Å². The molecule has 0 amide bonds. The molecule has 0 saturated carbocycles. The van der Waals surface area contributed by atoms with Gasteiger partial charge >= 0.3 is 0 Å². The van der Waals surface area contributed by atoms with E-state index in [-0.39, 0.29) is 0 Å². The van der Waals surface area contributed by atoms with Gasteiger partial charge in [-0.1, -0.05) is 24.3 Å². The summed E-state index contributed by atoms with van der Waals surface area (Å²) in [5.41, 5.74) is 7.59. The molecule has 0 aliphatic heterocycles. The highest BCUT2D eigenvalue weighted by atomic mass is 15.4. The summed E-state index contributed by atoms with van der Waals surface area (Å²) in [4.78, 5) is 0. The molecule has 0 fully saturated rings. The van der Waals surface area contributed by atoms with Crippen LogP contribution < -0.4 is 5.73 Å². The Bertz CT molecular complexity index is 421. The number of rotatable bonds is 3. The molecule has 1 aromatic carbocycles. The number of benzene rings is 1. The predicted molar refractivity (Wildman–Crippen MR) is 55.7 cm³/mol. The molecule has 4 nitrogen and oxygen atoms in total. The van der Waals surface area contributed by atoms with Crippen LogP contribution in [0, 0.1) is 5.92 Å². The summed E-state index contributed by atoms with van der Waals surface area (Å²) in [5.74, 6) is 0.431. The van der Waals surface area contributed by atoms with Gasteiger partial charge in [-0.3, -0.25) is 0 Å². The van der Waals surface area contributed by atoms with Crippen molar-refractivity contribution in [2.24, 2.45) is 11.7 Å². The van der Waals surface area contributed by atoms with Gasteiger partial charge in [0.05, 0.1) is 5.52 Å². The molecule has 0 aliphatic carbocycles. The minimum Gasteiger partial charge on any atom is -0.330 e. The van der Waals surface area contributed by atoms with Gasteiger partial charge in [-0.05, 0) is 24.6 Å². The predicted octanol–water partition coefficient (Wildman–Crippen LogP) is 1.03. The first-order valence-corrected chi connectivity index (χ1v) is 4.79. The highest BCUT2D eigenvalue weighted by Gasteiger charge is 2.06. The fraction of sp³-hybridized carbons (Fsp3) is 0.400. The van der Waals surface area contributed by atoms with Gasteiger partial charge in [0, 0.05) is 6.54 Å². The number of nitrogens with zero attached hydrogens (tertiary/aromatic N) is 3. The fourth-order valence-electron chi connectivity index (χ4n) is 1.42. The fourth-order valence-corrected chi connectivity index (χ4v) is 1.42. The number of hydrogen-bond donors (Lipinski definition) is 1. The Morgan fingerprint density at radius 2 is 2.21 bits per heavy atom. The Morgan fingerprint density at radius 1 is 1.43 bits per heavy atom. The molecule has 0 aliphatic rings. The number of fused-ring (bicyclic) bond motifs is 1. The summed E-state index contributed by atoms with van der Waals surface area (Å²) in [7, 11) is 0. The van der Waals surface area contributed by atoms with Gasteiger partial charge in [-0.15, -0.1) is 5.10 Å². The summed E-state index contributed by atoms with van der Waals surface area (Å²) in [5, 5.41) is 8.17. The molecule has 2 N–H and O–H groups in total. The van der Waals surface area contributed by atoms with Crippen LogP contribution in [0.1, 0.15) is 6.92 Å². The lowest BCUT2D eigenvalue weighted by molar-refractivity contribution is 0.459. The van der Waals surface area contributed by atoms with Gasteiger partial charge in [0.1, 0.15) is 5.52 Å². The third kappa shape index (κ3) is 1.61. The second-order valence-corrected chi connectivity index (χ2v) is 3.60. The quantitative estimate of drug-likeness (QED) is 0.786. The van der Waals surface area contributed by atoms with Crippen LogP contribution in [0.15, 0.2) is 24.3 Å². The molecule has 14 heavy (non-hydrogen) atoms. The second kappa shape index (κ2) is 3.75. The van der Waals surface area contributed by atoms with E-state index in [9.17, 15) is 0 Å². The maximum Gasteiger partial charge on any atom is 0.113 e. The first kappa shape index (κ1) is 9.15. The number of nitrogens with two attached hydrogens (primary N) is 1. The lowest BCUT2D eigenvalue weighted by Gasteiger charge is -2.07. The molecule has 2 aromatic rings. The molecular formula is C10H14N4. The third-order valence-electron chi connectivity index (χ3n) is 2.31. The molecule has 1 unspecified atom stereocenters. The zero-order valence-electron chi connectivity index (χ0n) is 8.22. The van der Waals surface area contributed by atoms with E-state index >= 15 is 0 Å². The van der Waals surface area contributed by atoms with E-state index in [1.54, 1.807) is 0 Å². The van der Waals surface area contributed by atoms with E-state index in [0.29, 0.717) is 12.5 Å². The summed E-state index contributed by atoms with van der Waals surface area (Å²) in [6.07, 6.45) is 0.